The van der Waals surface area contributed by atoms with Gasteiger partial charge in [0.1, 0.15) is 5.69 Å². The highest BCUT2D eigenvalue weighted by Gasteiger charge is 2.15. The van der Waals surface area contributed by atoms with E-state index in [1.807, 2.05) is 31.2 Å². The molecule has 1 amide bonds. The highest BCUT2D eigenvalue weighted by Crippen LogP contribution is 2.22. The lowest BCUT2D eigenvalue weighted by molar-refractivity contribution is 0.0993. The van der Waals surface area contributed by atoms with Gasteiger partial charge < -0.3 is 11.6 Å². The molecule has 0 aliphatic heterocycles. The molecule has 0 saturated carbocycles. The molecule has 0 unspecified atom stereocenters. The van der Waals surface area contributed by atoms with E-state index >= 15 is 0 Å². The number of aryl methyl sites for hydroxylation is 1. The van der Waals surface area contributed by atoms with Crippen molar-refractivity contribution in [1.82, 2.24) is 4.68 Å². The summed E-state index contributed by atoms with van der Waals surface area (Å²) in [6.07, 6.45) is 0. The van der Waals surface area contributed by atoms with E-state index < -0.39 is 5.91 Å². The molecule has 1 heterocycles. The van der Waals surface area contributed by atoms with Gasteiger partial charge in [-0.3, -0.25) is 9.47 Å². The van der Waals surface area contributed by atoms with Crippen molar-refractivity contribution in [3.05, 3.63) is 35.5 Å². The fourth-order valence-corrected chi connectivity index (χ4v) is 1.73. The lowest BCUT2D eigenvalue weighted by Gasteiger charge is -1.99. The molecular formula is C10H11N3O. The van der Waals surface area contributed by atoms with Crippen molar-refractivity contribution < 1.29 is 4.79 Å². The standard InChI is InChI=1S/C10H11N3O/c1-6-7-4-2-3-5-8(7)13(12)9(6)10(11)14/h2-5H,12H2,1H3,(H2,11,14). The molecule has 14 heavy (non-hydrogen) atoms. The fraction of sp³-hybridized carbons (Fsp3) is 0.100. The van der Waals surface area contributed by atoms with Gasteiger partial charge in [0.2, 0.25) is 0 Å². The van der Waals surface area contributed by atoms with E-state index in [0.29, 0.717) is 5.69 Å². The second kappa shape index (κ2) is 2.77. The normalized spacial score (nSPS) is 10.6. The van der Waals surface area contributed by atoms with Crippen LogP contribution in [0, 0.1) is 6.92 Å². The number of carbonyl (C=O) groups is 1. The summed E-state index contributed by atoms with van der Waals surface area (Å²) >= 11 is 0. The molecule has 72 valence electrons. The predicted octanol–water partition coefficient (Wildman–Crippen LogP) is 0.762. The molecule has 2 aromatic rings. The number of benzene rings is 1. The number of aromatic nitrogens is 1. The van der Waals surface area contributed by atoms with Crippen LogP contribution < -0.4 is 11.6 Å². The molecule has 0 atom stereocenters. The summed E-state index contributed by atoms with van der Waals surface area (Å²) in [4.78, 5) is 11.1. The van der Waals surface area contributed by atoms with E-state index in [2.05, 4.69) is 0 Å². The Bertz CT molecular complexity index is 474. The van der Waals surface area contributed by atoms with Crippen LogP contribution in [0.2, 0.25) is 0 Å². The van der Waals surface area contributed by atoms with Gasteiger partial charge >= 0.3 is 0 Å². The molecule has 4 nitrogen and oxygen atoms in total. The molecule has 4 N–H and O–H groups in total. The summed E-state index contributed by atoms with van der Waals surface area (Å²) in [5.74, 6) is 5.26. The van der Waals surface area contributed by atoms with E-state index in [0.717, 1.165) is 16.5 Å². The minimum absolute atomic E-state index is 0.367. The number of rotatable bonds is 1. The average Bonchev–Trinajstić information content (AvgIpc) is 2.41. The van der Waals surface area contributed by atoms with E-state index in [1.165, 1.54) is 4.68 Å². The monoisotopic (exact) mass is 189 g/mol. The molecule has 1 aromatic heterocycles. The zero-order valence-corrected chi connectivity index (χ0v) is 7.82. The van der Waals surface area contributed by atoms with Crippen LogP contribution in [-0.4, -0.2) is 10.6 Å². The van der Waals surface area contributed by atoms with Crippen LogP contribution >= 0.6 is 0 Å². The molecule has 4 heteroatoms. The van der Waals surface area contributed by atoms with Crippen molar-refractivity contribution in [1.29, 1.82) is 0 Å². The first-order valence-electron chi connectivity index (χ1n) is 4.28. The Kier molecular flexibility index (Phi) is 1.70. The summed E-state index contributed by atoms with van der Waals surface area (Å²) < 4.78 is 1.34. The Morgan fingerprint density at radius 1 is 1.36 bits per heavy atom. The predicted molar refractivity (Wildman–Crippen MR) is 55.3 cm³/mol. The number of hydrogen-bond acceptors (Lipinski definition) is 2. The van der Waals surface area contributed by atoms with Crippen LogP contribution in [0.3, 0.4) is 0 Å². The summed E-state index contributed by atoms with van der Waals surface area (Å²) in [6, 6.07) is 7.55. The number of amides is 1. The van der Waals surface area contributed by atoms with Gasteiger partial charge in [-0.2, -0.15) is 0 Å². The fourth-order valence-electron chi connectivity index (χ4n) is 1.73. The zero-order chi connectivity index (χ0) is 10.3. The highest BCUT2D eigenvalue weighted by atomic mass is 16.1. The molecule has 0 aliphatic carbocycles. The van der Waals surface area contributed by atoms with Crippen molar-refractivity contribution >= 4 is 16.8 Å². The molecule has 1 aromatic carbocycles. The van der Waals surface area contributed by atoms with Crippen LogP contribution in [0.15, 0.2) is 24.3 Å². The van der Waals surface area contributed by atoms with Gasteiger partial charge in [0.15, 0.2) is 0 Å². The number of fused-ring (bicyclic) bond motifs is 1. The summed E-state index contributed by atoms with van der Waals surface area (Å²) in [6.45, 7) is 1.84. The second-order valence-corrected chi connectivity index (χ2v) is 3.23. The van der Waals surface area contributed by atoms with Gasteiger partial charge in [0, 0.05) is 5.39 Å². The van der Waals surface area contributed by atoms with E-state index in [4.69, 9.17) is 11.6 Å². The van der Waals surface area contributed by atoms with Gasteiger partial charge in [0.05, 0.1) is 5.52 Å². The Morgan fingerprint density at radius 3 is 2.57 bits per heavy atom. The Labute approximate surface area is 81.1 Å². The van der Waals surface area contributed by atoms with Gasteiger partial charge in [-0.1, -0.05) is 18.2 Å². The SMILES string of the molecule is Cc1c(C(N)=O)n(N)c2ccccc12. The minimum Gasteiger partial charge on any atom is -0.364 e. The molecule has 0 radical (unpaired) electrons. The van der Waals surface area contributed by atoms with E-state index in [1.54, 1.807) is 0 Å². The van der Waals surface area contributed by atoms with Crippen molar-refractivity contribution in [3.8, 4) is 0 Å². The molecule has 2 rings (SSSR count). The maximum absolute atomic E-state index is 11.1. The molecule has 0 bridgehead atoms. The van der Waals surface area contributed by atoms with Gasteiger partial charge in [0.25, 0.3) is 5.91 Å². The third kappa shape index (κ3) is 0.970. The lowest BCUT2D eigenvalue weighted by atomic mass is 10.1. The zero-order valence-electron chi connectivity index (χ0n) is 7.82. The van der Waals surface area contributed by atoms with Crippen LogP contribution in [0.25, 0.3) is 10.9 Å². The van der Waals surface area contributed by atoms with Gasteiger partial charge in [-0.15, -0.1) is 0 Å². The van der Waals surface area contributed by atoms with E-state index in [-0.39, 0.29) is 0 Å². The first-order chi connectivity index (χ1) is 6.63. The largest absolute Gasteiger partial charge is 0.364 e. The van der Waals surface area contributed by atoms with Crippen LogP contribution in [0.5, 0.6) is 0 Å². The maximum atomic E-state index is 11.1. The molecular weight excluding hydrogens is 178 g/mol. The van der Waals surface area contributed by atoms with Crippen LogP contribution in [0.4, 0.5) is 0 Å². The highest BCUT2D eigenvalue weighted by molar-refractivity contribution is 6.00. The van der Waals surface area contributed by atoms with Crippen LogP contribution in [0.1, 0.15) is 16.1 Å². The maximum Gasteiger partial charge on any atom is 0.267 e. The lowest BCUT2D eigenvalue weighted by Crippen LogP contribution is -2.22. The summed E-state index contributed by atoms with van der Waals surface area (Å²) in [5, 5.41) is 0.962. The number of nitrogens with zero attached hydrogens (tertiary/aromatic N) is 1. The molecule has 0 aliphatic rings. The van der Waals surface area contributed by atoms with Crippen molar-refractivity contribution in [2.75, 3.05) is 5.84 Å². The smallest absolute Gasteiger partial charge is 0.267 e. The third-order valence-corrected chi connectivity index (χ3v) is 2.40. The molecule has 0 saturated heterocycles. The topological polar surface area (TPSA) is 74.0 Å². The Balaban J connectivity index is 2.92. The number of carbonyl (C=O) groups excluding carboxylic acids is 1. The number of primary amides is 1. The number of hydrogen-bond donors (Lipinski definition) is 2. The Morgan fingerprint density at radius 2 is 2.00 bits per heavy atom. The van der Waals surface area contributed by atoms with Crippen molar-refractivity contribution in [2.45, 2.75) is 6.92 Å². The van der Waals surface area contributed by atoms with Crippen LogP contribution in [-0.2, 0) is 0 Å². The first-order valence-corrected chi connectivity index (χ1v) is 4.28. The number of nitrogen functional groups attached to an aromatic ring is 1. The van der Waals surface area contributed by atoms with Gasteiger partial charge in [-0.05, 0) is 18.6 Å². The first kappa shape index (κ1) is 8.62. The van der Waals surface area contributed by atoms with Crippen molar-refractivity contribution in [2.24, 2.45) is 5.73 Å². The summed E-state index contributed by atoms with van der Waals surface area (Å²) in [7, 11) is 0. The Hall–Kier alpha value is -1.97. The quantitative estimate of drug-likeness (QED) is 0.650. The number of para-hydroxylation sites is 1. The molecule has 0 fully saturated rings. The minimum atomic E-state index is -0.499. The molecule has 0 spiro atoms. The summed E-state index contributed by atoms with van der Waals surface area (Å²) in [5.41, 5.74) is 7.25. The van der Waals surface area contributed by atoms with Crippen molar-refractivity contribution in [3.63, 3.8) is 0 Å². The number of nitrogens with two attached hydrogens (primary N) is 2. The van der Waals surface area contributed by atoms with Gasteiger partial charge in [-0.25, -0.2) is 0 Å². The second-order valence-electron chi connectivity index (χ2n) is 3.23. The third-order valence-electron chi connectivity index (χ3n) is 2.40. The van der Waals surface area contributed by atoms with E-state index in [9.17, 15) is 4.79 Å². The average molecular weight is 189 g/mol.